The largest absolute Gasteiger partial charge is 0.316 e. The SMILES string of the molecule is CCCn1c(=NC(=O)CSc2ccc(F)cc2)sc2cc(C(C)C)ccc21. The number of aromatic nitrogens is 1. The molecule has 0 aliphatic carbocycles. The summed E-state index contributed by atoms with van der Waals surface area (Å²) in [7, 11) is 0. The lowest BCUT2D eigenvalue weighted by molar-refractivity contribution is -0.115. The zero-order valence-corrected chi connectivity index (χ0v) is 17.4. The van der Waals surface area contributed by atoms with Crippen LogP contribution in [0.1, 0.15) is 38.7 Å². The molecule has 0 unspecified atom stereocenters. The Hall–Kier alpha value is -1.92. The molecule has 0 aliphatic heterocycles. The second-order valence-corrected chi connectivity index (χ2v) is 8.72. The third-order valence-electron chi connectivity index (χ3n) is 4.22. The molecule has 0 saturated carbocycles. The molecule has 1 amide bonds. The van der Waals surface area contributed by atoms with Crippen molar-refractivity contribution in [2.24, 2.45) is 4.99 Å². The van der Waals surface area contributed by atoms with Crippen LogP contribution in [-0.2, 0) is 11.3 Å². The molecule has 3 aromatic rings. The van der Waals surface area contributed by atoms with Gasteiger partial charge in [-0.1, -0.05) is 38.2 Å². The van der Waals surface area contributed by atoms with E-state index in [2.05, 4.69) is 48.5 Å². The van der Waals surface area contributed by atoms with E-state index in [-0.39, 0.29) is 17.5 Å². The summed E-state index contributed by atoms with van der Waals surface area (Å²) < 4.78 is 16.3. The van der Waals surface area contributed by atoms with Gasteiger partial charge in [-0.25, -0.2) is 4.39 Å². The van der Waals surface area contributed by atoms with Crippen molar-refractivity contribution in [2.75, 3.05) is 5.75 Å². The lowest BCUT2D eigenvalue weighted by Crippen LogP contribution is -2.17. The first-order chi connectivity index (χ1) is 13.0. The smallest absolute Gasteiger partial charge is 0.258 e. The van der Waals surface area contributed by atoms with Gasteiger partial charge in [0.25, 0.3) is 5.91 Å². The summed E-state index contributed by atoms with van der Waals surface area (Å²) in [5.74, 6) is 0.251. The summed E-state index contributed by atoms with van der Waals surface area (Å²) in [6.45, 7) is 7.31. The van der Waals surface area contributed by atoms with Gasteiger partial charge in [-0.05, 0) is 54.3 Å². The van der Waals surface area contributed by atoms with E-state index in [1.165, 1.54) is 29.5 Å². The van der Waals surface area contributed by atoms with Crippen LogP contribution >= 0.6 is 23.1 Å². The molecular weight excluding hydrogens is 379 g/mol. The van der Waals surface area contributed by atoms with Crippen LogP contribution in [0, 0.1) is 5.82 Å². The van der Waals surface area contributed by atoms with Gasteiger partial charge >= 0.3 is 0 Å². The van der Waals surface area contributed by atoms with E-state index >= 15 is 0 Å². The van der Waals surface area contributed by atoms with Crippen LogP contribution < -0.4 is 4.80 Å². The molecule has 3 nitrogen and oxygen atoms in total. The number of thiazole rings is 1. The van der Waals surface area contributed by atoms with E-state index in [4.69, 9.17) is 0 Å². The standard InChI is InChI=1S/C21H23FN2OS2/c1-4-11-24-18-10-5-15(14(2)3)12-19(18)27-21(24)23-20(25)13-26-17-8-6-16(22)7-9-17/h5-10,12,14H,4,11,13H2,1-3H3. The number of hydrogen-bond acceptors (Lipinski definition) is 3. The Bertz CT molecular complexity index is 1000. The molecule has 142 valence electrons. The number of thioether (sulfide) groups is 1. The van der Waals surface area contributed by atoms with Gasteiger partial charge in [-0.15, -0.1) is 11.8 Å². The fourth-order valence-electron chi connectivity index (χ4n) is 2.79. The minimum Gasteiger partial charge on any atom is -0.316 e. The van der Waals surface area contributed by atoms with Crippen molar-refractivity contribution in [3.8, 4) is 0 Å². The average Bonchev–Trinajstić information content (AvgIpc) is 2.98. The molecule has 1 aromatic heterocycles. The van der Waals surface area contributed by atoms with Crippen molar-refractivity contribution < 1.29 is 9.18 Å². The van der Waals surface area contributed by atoms with Crippen LogP contribution in [0.4, 0.5) is 4.39 Å². The van der Waals surface area contributed by atoms with Crippen molar-refractivity contribution in [3.05, 3.63) is 58.6 Å². The highest BCUT2D eigenvalue weighted by Gasteiger charge is 2.10. The molecule has 0 aliphatic rings. The molecule has 0 spiro atoms. The van der Waals surface area contributed by atoms with Crippen molar-refractivity contribution in [2.45, 2.75) is 44.6 Å². The third-order valence-corrected chi connectivity index (χ3v) is 6.25. The minimum atomic E-state index is -0.276. The summed E-state index contributed by atoms with van der Waals surface area (Å²) in [5.41, 5.74) is 2.42. The van der Waals surface area contributed by atoms with Gasteiger partial charge in [0.15, 0.2) is 4.80 Å². The van der Waals surface area contributed by atoms with Gasteiger partial charge in [0, 0.05) is 11.4 Å². The van der Waals surface area contributed by atoms with Gasteiger partial charge in [0.05, 0.1) is 16.0 Å². The topological polar surface area (TPSA) is 34.4 Å². The number of nitrogens with zero attached hydrogens (tertiary/aromatic N) is 2. The second kappa shape index (κ2) is 8.85. The van der Waals surface area contributed by atoms with E-state index in [1.807, 2.05) is 0 Å². The predicted octanol–water partition coefficient (Wildman–Crippen LogP) is 5.59. The molecule has 27 heavy (non-hydrogen) atoms. The second-order valence-electron chi connectivity index (χ2n) is 6.67. The quantitative estimate of drug-likeness (QED) is 0.503. The number of aryl methyl sites for hydroxylation is 1. The van der Waals surface area contributed by atoms with Crippen molar-refractivity contribution in [1.29, 1.82) is 0 Å². The number of fused-ring (bicyclic) bond motifs is 1. The summed E-state index contributed by atoms with van der Waals surface area (Å²) in [5, 5.41) is 0. The Morgan fingerprint density at radius 1 is 1.22 bits per heavy atom. The molecular formula is C21H23FN2OS2. The molecule has 6 heteroatoms. The Morgan fingerprint density at radius 2 is 1.96 bits per heavy atom. The van der Waals surface area contributed by atoms with E-state index in [0.29, 0.717) is 5.92 Å². The van der Waals surface area contributed by atoms with Crippen LogP contribution in [0.25, 0.3) is 10.2 Å². The first-order valence-electron chi connectivity index (χ1n) is 9.07. The van der Waals surface area contributed by atoms with Crippen LogP contribution in [0.2, 0.25) is 0 Å². The molecule has 0 N–H and O–H groups in total. The van der Waals surface area contributed by atoms with Gasteiger partial charge in [-0.2, -0.15) is 4.99 Å². The Morgan fingerprint density at radius 3 is 2.63 bits per heavy atom. The number of hydrogen-bond donors (Lipinski definition) is 0. The van der Waals surface area contributed by atoms with E-state index in [9.17, 15) is 9.18 Å². The maximum absolute atomic E-state index is 13.0. The number of halogens is 1. The molecule has 0 bridgehead atoms. The fraction of sp³-hybridized carbons (Fsp3) is 0.333. The number of carbonyl (C=O) groups excluding carboxylic acids is 1. The van der Waals surface area contributed by atoms with E-state index in [1.54, 1.807) is 23.5 Å². The van der Waals surface area contributed by atoms with Crippen LogP contribution in [0.15, 0.2) is 52.4 Å². The third kappa shape index (κ3) is 4.87. The zero-order valence-electron chi connectivity index (χ0n) is 15.7. The molecule has 0 saturated heterocycles. The van der Waals surface area contributed by atoms with Crippen molar-refractivity contribution >= 4 is 39.2 Å². The lowest BCUT2D eigenvalue weighted by atomic mass is 10.0. The Balaban J connectivity index is 1.87. The maximum atomic E-state index is 13.0. The molecule has 1 heterocycles. The molecule has 0 radical (unpaired) electrons. The first kappa shape index (κ1) is 19.8. The van der Waals surface area contributed by atoms with Crippen molar-refractivity contribution in [3.63, 3.8) is 0 Å². The summed E-state index contributed by atoms with van der Waals surface area (Å²) in [6, 6.07) is 12.6. The fourth-order valence-corrected chi connectivity index (χ4v) is 4.59. The van der Waals surface area contributed by atoms with E-state index < -0.39 is 0 Å². The minimum absolute atomic E-state index is 0.176. The zero-order chi connectivity index (χ0) is 19.4. The Labute approximate surface area is 167 Å². The van der Waals surface area contributed by atoms with Gasteiger partial charge in [-0.3, -0.25) is 4.79 Å². The molecule has 3 rings (SSSR count). The lowest BCUT2D eigenvalue weighted by Gasteiger charge is -2.06. The Kier molecular flexibility index (Phi) is 6.50. The van der Waals surface area contributed by atoms with Gasteiger partial charge in [0.1, 0.15) is 5.82 Å². The number of amides is 1. The number of benzene rings is 2. The van der Waals surface area contributed by atoms with Crippen LogP contribution in [-0.4, -0.2) is 16.2 Å². The molecule has 0 atom stereocenters. The normalized spacial score (nSPS) is 12.3. The molecule has 0 fully saturated rings. The highest BCUT2D eigenvalue weighted by atomic mass is 32.2. The summed E-state index contributed by atoms with van der Waals surface area (Å²) in [6.07, 6.45) is 0.976. The predicted molar refractivity (Wildman–Crippen MR) is 112 cm³/mol. The van der Waals surface area contributed by atoms with Gasteiger partial charge in [0.2, 0.25) is 0 Å². The van der Waals surface area contributed by atoms with Gasteiger partial charge < -0.3 is 4.57 Å². The monoisotopic (exact) mass is 402 g/mol. The summed E-state index contributed by atoms with van der Waals surface area (Å²) in [4.78, 5) is 18.4. The number of carbonyl (C=O) groups is 1. The summed E-state index contributed by atoms with van der Waals surface area (Å²) >= 11 is 2.94. The highest BCUT2D eigenvalue weighted by Crippen LogP contribution is 2.24. The first-order valence-corrected chi connectivity index (χ1v) is 10.9. The molecule has 2 aromatic carbocycles. The van der Waals surface area contributed by atoms with Crippen molar-refractivity contribution in [1.82, 2.24) is 4.57 Å². The van der Waals surface area contributed by atoms with E-state index in [0.717, 1.165) is 32.9 Å². The highest BCUT2D eigenvalue weighted by molar-refractivity contribution is 8.00. The van der Waals surface area contributed by atoms with Crippen LogP contribution in [0.5, 0.6) is 0 Å². The average molecular weight is 403 g/mol. The maximum Gasteiger partial charge on any atom is 0.258 e. The number of rotatable bonds is 6. The van der Waals surface area contributed by atoms with Crippen LogP contribution in [0.3, 0.4) is 0 Å².